The average molecular weight is 560 g/mol. The molecule has 5 rings (SSSR count). The number of rotatable bonds is 7. The summed E-state index contributed by atoms with van der Waals surface area (Å²) in [5, 5.41) is 15.1. The van der Waals surface area contributed by atoms with Crippen LogP contribution in [0.1, 0.15) is 33.8 Å². The molecule has 2 N–H and O–H groups in total. The molecule has 0 aliphatic carbocycles. The van der Waals surface area contributed by atoms with E-state index in [2.05, 4.69) is 20.8 Å². The quantitative estimate of drug-likeness (QED) is 0.455. The third-order valence-corrected chi connectivity index (χ3v) is 7.42. The SMILES string of the molecule is Cc1nnc(-c2ccc(Oc3cc(C(=O)N[C@@H]4CNC(=O)C4)ccc3CN3CC(C(F)(F)F)CC3=O)cc2)s1. The first-order valence-corrected chi connectivity index (χ1v) is 13.0. The van der Waals surface area contributed by atoms with E-state index in [1.165, 1.54) is 23.5 Å². The Balaban J connectivity index is 1.39. The number of carbonyl (C=O) groups excluding carboxylic acids is 3. The number of hydrogen-bond acceptors (Lipinski definition) is 7. The fourth-order valence-electron chi connectivity index (χ4n) is 4.45. The van der Waals surface area contributed by atoms with Crippen molar-refractivity contribution in [2.45, 2.75) is 38.5 Å². The summed E-state index contributed by atoms with van der Waals surface area (Å²) in [6.07, 6.45) is -4.89. The molecule has 3 heterocycles. The lowest BCUT2D eigenvalue weighted by molar-refractivity contribution is -0.171. The van der Waals surface area contributed by atoms with Crippen LogP contribution in [-0.4, -0.2) is 58.1 Å². The van der Waals surface area contributed by atoms with Crippen LogP contribution < -0.4 is 15.4 Å². The molecule has 2 aliphatic heterocycles. The third-order valence-electron chi connectivity index (χ3n) is 6.54. The Labute approximate surface area is 225 Å². The van der Waals surface area contributed by atoms with E-state index in [-0.39, 0.29) is 36.2 Å². The molecule has 1 unspecified atom stereocenters. The van der Waals surface area contributed by atoms with Gasteiger partial charge < -0.3 is 20.3 Å². The summed E-state index contributed by atoms with van der Waals surface area (Å²) in [6.45, 7) is 1.63. The minimum Gasteiger partial charge on any atom is -0.457 e. The molecule has 0 spiro atoms. The maximum absolute atomic E-state index is 13.2. The second kappa shape index (κ2) is 10.6. The van der Waals surface area contributed by atoms with Gasteiger partial charge in [-0.15, -0.1) is 10.2 Å². The molecule has 0 saturated carbocycles. The second-order valence-corrected chi connectivity index (χ2v) is 10.7. The maximum Gasteiger partial charge on any atom is 0.394 e. The number of carbonyl (C=O) groups is 3. The zero-order chi connectivity index (χ0) is 27.7. The van der Waals surface area contributed by atoms with Crippen LogP contribution in [0.4, 0.5) is 13.2 Å². The van der Waals surface area contributed by atoms with Gasteiger partial charge in [0.1, 0.15) is 21.5 Å². The van der Waals surface area contributed by atoms with Crippen molar-refractivity contribution >= 4 is 29.1 Å². The maximum atomic E-state index is 13.2. The van der Waals surface area contributed by atoms with Crippen molar-refractivity contribution in [3.05, 3.63) is 58.6 Å². The molecule has 2 saturated heterocycles. The smallest absolute Gasteiger partial charge is 0.394 e. The second-order valence-electron chi connectivity index (χ2n) is 9.47. The molecule has 9 nitrogen and oxygen atoms in total. The van der Waals surface area contributed by atoms with Crippen LogP contribution in [0.25, 0.3) is 10.6 Å². The Morgan fingerprint density at radius 1 is 1.15 bits per heavy atom. The summed E-state index contributed by atoms with van der Waals surface area (Å²) in [5.41, 5.74) is 1.53. The van der Waals surface area contributed by atoms with Gasteiger partial charge in [0.05, 0.1) is 12.0 Å². The summed E-state index contributed by atoms with van der Waals surface area (Å²) in [4.78, 5) is 37.8. The number of amides is 3. The van der Waals surface area contributed by atoms with E-state index in [9.17, 15) is 27.6 Å². The number of aromatic nitrogens is 2. The first-order valence-electron chi connectivity index (χ1n) is 12.2. The number of nitrogens with one attached hydrogen (secondary N) is 2. The van der Waals surface area contributed by atoms with Crippen LogP contribution >= 0.6 is 11.3 Å². The molecule has 2 aliphatic rings. The Morgan fingerprint density at radius 3 is 2.54 bits per heavy atom. The van der Waals surface area contributed by atoms with Gasteiger partial charge in [0.25, 0.3) is 5.91 Å². The van der Waals surface area contributed by atoms with Crippen LogP contribution in [0.5, 0.6) is 11.5 Å². The molecule has 2 atom stereocenters. The number of benzene rings is 2. The van der Waals surface area contributed by atoms with Crippen molar-refractivity contribution in [2.24, 2.45) is 5.92 Å². The van der Waals surface area contributed by atoms with E-state index >= 15 is 0 Å². The molecule has 0 radical (unpaired) electrons. The monoisotopic (exact) mass is 559 g/mol. The van der Waals surface area contributed by atoms with Gasteiger partial charge in [0.2, 0.25) is 11.8 Å². The van der Waals surface area contributed by atoms with Gasteiger partial charge in [-0.1, -0.05) is 17.4 Å². The van der Waals surface area contributed by atoms with E-state index in [1.807, 2.05) is 6.92 Å². The first-order chi connectivity index (χ1) is 18.5. The van der Waals surface area contributed by atoms with Crippen molar-refractivity contribution in [1.82, 2.24) is 25.7 Å². The zero-order valence-corrected chi connectivity index (χ0v) is 21.6. The van der Waals surface area contributed by atoms with Crippen molar-refractivity contribution < 1.29 is 32.3 Å². The molecule has 1 aromatic heterocycles. The molecule has 2 aromatic carbocycles. The van der Waals surface area contributed by atoms with Crippen LogP contribution in [0, 0.1) is 12.8 Å². The lowest BCUT2D eigenvalue weighted by Crippen LogP contribution is -2.36. The van der Waals surface area contributed by atoms with E-state index < -0.39 is 36.9 Å². The number of aryl methyl sites for hydroxylation is 1. The van der Waals surface area contributed by atoms with Crippen molar-refractivity contribution in [3.8, 4) is 22.1 Å². The van der Waals surface area contributed by atoms with Gasteiger partial charge in [0, 0.05) is 49.2 Å². The lowest BCUT2D eigenvalue weighted by Gasteiger charge is -2.20. The number of nitrogens with zero attached hydrogens (tertiary/aromatic N) is 3. The summed E-state index contributed by atoms with van der Waals surface area (Å²) in [5.74, 6) is -2.25. The highest BCUT2D eigenvalue weighted by Crippen LogP contribution is 2.36. The Morgan fingerprint density at radius 2 is 1.92 bits per heavy atom. The molecule has 3 amide bonds. The van der Waals surface area contributed by atoms with Gasteiger partial charge in [0.15, 0.2) is 0 Å². The van der Waals surface area contributed by atoms with Crippen molar-refractivity contribution in [1.29, 1.82) is 0 Å². The van der Waals surface area contributed by atoms with E-state index in [0.29, 0.717) is 17.9 Å². The Kier molecular flexibility index (Phi) is 7.25. The molecule has 3 aromatic rings. The minimum atomic E-state index is -4.46. The minimum absolute atomic E-state index is 0.105. The van der Waals surface area contributed by atoms with Gasteiger partial charge >= 0.3 is 6.18 Å². The van der Waals surface area contributed by atoms with Gasteiger partial charge in [-0.05, 0) is 43.3 Å². The van der Waals surface area contributed by atoms with Gasteiger partial charge in [-0.3, -0.25) is 14.4 Å². The topological polar surface area (TPSA) is 114 Å². The zero-order valence-electron chi connectivity index (χ0n) is 20.7. The summed E-state index contributed by atoms with van der Waals surface area (Å²) in [7, 11) is 0. The molecular weight excluding hydrogens is 535 g/mol. The highest BCUT2D eigenvalue weighted by atomic mass is 32.1. The number of hydrogen-bond donors (Lipinski definition) is 2. The van der Waals surface area contributed by atoms with Crippen LogP contribution in [-0.2, 0) is 16.1 Å². The van der Waals surface area contributed by atoms with Crippen LogP contribution in [0.15, 0.2) is 42.5 Å². The number of ether oxygens (including phenoxy) is 1. The summed E-state index contributed by atoms with van der Waals surface area (Å²) in [6, 6.07) is 11.2. The largest absolute Gasteiger partial charge is 0.457 e. The molecule has 2 fully saturated rings. The number of likely N-dealkylation sites (tertiary alicyclic amines) is 1. The highest BCUT2D eigenvalue weighted by Gasteiger charge is 2.47. The predicted octanol–water partition coefficient (Wildman–Crippen LogP) is 3.83. The molecular formula is C26H24F3N5O4S. The Bertz CT molecular complexity index is 1410. The number of alkyl halides is 3. The molecule has 0 bridgehead atoms. The molecule has 204 valence electrons. The van der Waals surface area contributed by atoms with Crippen LogP contribution in [0.3, 0.4) is 0 Å². The first kappa shape index (κ1) is 26.6. The Hall–Kier alpha value is -4.00. The van der Waals surface area contributed by atoms with Crippen LogP contribution in [0.2, 0.25) is 0 Å². The van der Waals surface area contributed by atoms with E-state index in [1.54, 1.807) is 30.3 Å². The van der Waals surface area contributed by atoms with E-state index in [0.717, 1.165) is 20.5 Å². The van der Waals surface area contributed by atoms with Gasteiger partial charge in [-0.25, -0.2) is 0 Å². The van der Waals surface area contributed by atoms with Gasteiger partial charge in [-0.2, -0.15) is 13.2 Å². The normalized spacial score (nSPS) is 19.3. The fraction of sp³-hybridized carbons (Fsp3) is 0.346. The summed E-state index contributed by atoms with van der Waals surface area (Å²) < 4.78 is 45.7. The fourth-order valence-corrected chi connectivity index (χ4v) is 5.15. The average Bonchev–Trinajstić information content (AvgIpc) is 3.60. The number of halogens is 3. The molecule has 13 heteroatoms. The third kappa shape index (κ3) is 6.19. The molecule has 39 heavy (non-hydrogen) atoms. The summed E-state index contributed by atoms with van der Waals surface area (Å²) >= 11 is 1.44. The van der Waals surface area contributed by atoms with E-state index in [4.69, 9.17) is 4.74 Å². The predicted molar refractivity (Wildman–Crippen MR) is 135 cm³/mol. The van der Waals surface area contributed by atoms with Crippen molar-refractivity contribution in [2.75, 3.05) is 13.1 Å². The van der Waals surface area contributed by atoms with Crippen molar-refractivity contribution in [3.63, 3.8) is 0 Å². The lowest BCUT2D eigenvalue weighted by atomic mass is 10.1. The highest BCUT2D eigenvalue weighted by molar-refractivity contribution is 7.14. The standard InChI is InChI=1S/C26H24F3N5O4S/c1-14-32-33-25(39-14)15-4-6-20(7-5-15)38-21-8-16(24(37)31-19-10-22(35)30-11-19)2-3-17(21)12-34-13-18(9-23(34)36)26(27,28)29/h2-8,18-19H,9-13H2,1H3,(H,30,35)(H,31,37)/t18?,19-/m0/s1.